The Morgan fingerprint density at radius 2 is 1.53 bits per heavy atom. The van der Waals surface area contributed by atoms with E-state index >= 15 is 0 Å². The maximum atomic E-state index is 12.9. The van der Waals surface area contributed by atoms with Crippen LogP contribution >= 0.6 is 19.6 Å². The highest BCUT2D eigenvalue weighted by atomic mass is 32.2. The van der Waals surface area contributed by atoms with E-state index in [1.165, 1.54) is 89.9 Å². The third-order valence-electron chi connectivity index (χ3n) is 8.65. The van der Waals surface area contributed by atoms with E-state index in [2.05, 4.69) is 24.1 Å². The zero-order valence-electron chi connectivity index (χ0n) is 28.5. The van der Waals surface area contributed by atoms with Crippen LogP contribution in [0.1, 0.15) is 149 Å². The molecule has 2 aliphatic heterocycles. The number of rotatable bonds is 29. The van der Waals surface area contributed by atoms with Gasteiger partial charge in [0.2, 0.25) is 0 Å². The molecule has 2 aliphatic rings. The van der Waals surface area contributed by atoms with E-state index in [1.54, 1.807) is 11.8 Å². The summed E-state index contributed by atoms with van der Waals surface area (Å²) in [5.74, 6) is 0.804. The Labute approximate surface area is 278 Å². The number of nitrogens with zero attached hydrogens (tertiary/aromatic N) is 1. The van der Waals surface area contributed by atoms with Gasteiger partial charge < -0.3 is 24.6 Å². The summed E-state index contributed by atoms with van der Waals surface area (Å²) < 4.78 is 35.2. The van der Waals surface area contributed by atoms with Crippen LogP contribution in [0.2, 0.25) is 0 Å². The summed E-state index contributed by atoms with van der Waals surface area (Å²) in [6, 6.07) is 0. The lowest BCUT2D eigenvalue weighted by atomic mass is 10.0. The molecule has 0 spiro atoms. The summed E-state index contributed by atoms with van der Waals surface area (Å²) in [5.41, 5.74) is -0.944. The summed E-state index contributed by atoms with van der Waals surface area (Å²) in [5, 5.41) is 4.83. The topological polar surface area (TPSA) is 107 Å². The Bertz CT molecular complexity index is 828. The number of phosphoric ester groups is 1. The summed E-state index contributed by atoms with van der Waals surface area (Å²) in [6.07, 6.45) is 25.9. The molecule has 0 aromatic heterocycles. The number of unbranched alkanes of at least 4 members (excludes halogenated alkanes) is 16. The Kier molecular flexibility index (Phi) is 22.7. The molecule has 1 amide bonds. The SMILES string of the molecule is CCCCCCCCCCCCCCCCCCNC(=O)OCC1(COP(=O)(O)OC(CCCC)CN2C=CSC2)CCCO1. The summed E-state index contributed by atoms with van der Waals surface area (Å²) in [6.45, 7) is 5.74. The molecule has 2 N–H and O–H groups in total. The molecule has 1 fully saturated rings. The van der Waals surface area contributed by atoms with Crippen molar-refractivity contribution in [2.45, 2.75) is 160 Å². The van der Waals surface area contributed by atoms with Crippen LogP contribution in [-0.2, 0) is 23.1 Å². The second kappa shape index (κ2) is 25.3. The van der Waals surface area contributed by atoms with Gasteiger partial charge in [0, 0.05) is 25.9 Å². The van der Waals surface area contributed by atoms with Crippen LogP contribution < -0.4 is 5.32 Å². The van der Waals surface area contributed by atoms with Crippen molar-refractivity contribution in [1.82, 2.24) is 10.2 Å². The Morgan fingerprint density at radius 3 is 2.07 bits per heavy atom. The minimum absolute atomic E-state index is 0.0349. The lowest BCUT2D eigenvalue weighted by Crippen LogP contribution is -2.41. The number of ether oxygens (including phenoxy) is 2. The minimum Gasteiger partial charge on any atom is -0.446 e. The van der Waals surface area contributed by atoms with Gasteiger partial charge in [-0.3, -0.25) is 9.05 Å². The Hall–Kier alpha value is -0.770. The summed E-state index contributed by atoms with van der Waals surface area (Å²) in [7, 11) is -4.33. The standard InChI is InChI=1S/C34H65N2O7PS/c1-3-5-7-8-9-10-11-12-13-14-15-16-17-18-19-20-24-35-33(37)40-29-34(23-21-26-41-34)30-42-44(38,39)43-32(22-6-4-2)28-36-25-27-45-31-36/h25,27,32H,3-24,26,28-31H2,1-2H3,(H,35,37)(H,38,39). The zero-order chi connectivity index (χ0) is 32.5. The van der Waals surface area contributed by atoms with Crippen molar-refractivity contribution in [3.05, 3.63) is 11.6 Å². The number of phosphoric acid groups is 1. The largest absolute Gasteiger partial charge is 0.472 e. The van der Waals surface area contributed by atoms with Crippen molar-refractivity contribution < 1.29 is 32.8 Å². The van der Waals surface area contributed by atoms with Gasteiger partial charge in [-0.25, -0.2) is 9.36 Å². The van der Waals surface area contributed by atoms with Gasteiger partial charge in [-0.2, -0.15) is 0 Å². The van der Waals surface area contributed by atoms with E-state index in [4.69, 9.17) is 18.5 Å². The smallest absolute Gasteiger partial charge is 0.446 e. The fraction of sp³-hybridized carbons (Fsp3) is 0.912. The molecule has 0 aromatic rings. The maximum Gasteiger partial charge on any atom is 0.472 e. The molecule has 11 heteroatoms. The monoisotopic (exact) mass is 676 g/mol. The van der Waals surface area contributed by atoms with Gasteiger partial charge in [-0.1, -0.05) is 123 Å². The van der Waals surface area contributed by atoms with Crippen LogP contribution in [0.5, 0.6) is 0 Å². The van der Waals surface area contributed by atoms with Crippen LogP contribution in [0.15, 0.2) is 11.6 Å². The second-order valence-electron chi connectivity index (χ2n) is 12.9. The minimum atomic E-state index is -4.33. The quantitative estimate of drug-likeness (QED) is 0.0591. The Morgan fingerprint density at radius 1 is 0.933 bits per heavy atom. The maximum absolute atomic E-state index is 12.9. The molecule has 0 aliphatic carbocycles. The molecule has 0 saturated carbocycles. The van der Waals surface area contributed by atoms with Gasteiger partial charge in [0.1, 0.15) is 12.2 Å². The number of nitrogens with one attached hydrogen (secondary N) is 1. The van der Waals surface area contributed by atoms with Gasteiger partial charge in [0.25, 0.3) is 0 Å². The van der Waals surface area contributed by atoms with Crippen molar-refractivity contribution in [3.63, 3.8) is 0 Å². The van der Waals surface area contributed by atoms with Crippen LogP contribution in [0.3, 0.4) is 0 Å². The van der Waals surface area contributed by atoms with Crippen molar-refractivity contribution in [3.8, 4) is 0 Å². The number of hydrogen-bond acceptors (Lipinski definition) is 8. The average molecular weight is 677 g/mol. The van der Waals surface area contributed by atoms with Crippen LogP contribution in [0.25, 0.3) is 0 Å². The molecule has 0 radical (unpaired) electrons. The molecule has 3 atom stereocenters. The zero-order valence-corrected chi connectivity index (χ0v) is 30.2. The van der Waals surface area contributed by atoms with Gasteiger partial charge >= 0.3 is 13.9 Å². The van der Waals surface area contributed by atoms with Crippen LogP contribution in [0, 0.1) is 0 Å². The predicted molar refractivity (Wildman–Crippen MR) is 185 cm³/mol. The molecule has 264 valence electrons. The predicted octanol–water partition coefficient (Wildman–Crippen LogP) is 9.69. The first-order valence-corrected chi connectivity index (χ1v) is 20.6. The van der Waals surface area contributed by atoms with Gasteiger partial charge in [0.05, 0.1) is 18.6 Å². The lowest BCUT2D eigenvalue weighted by molar-refractivity contribution is -0.0758. The third-order valence-corrected chi connectivity index (χ3v) is 10.5. The van der Waals surface area contributed by atoms with E-state index in [9.17, 15) is 14.3 Å². The molecule has 0 aromatic carbocycles. The molecule has 2 rings (SSSR count). The number of hydrogen-bond donors (Lipinski definition) is 2. The molecule has 0 bridgehead atoms. The number of amides is 1. The molecular weight excluding hydrogens is 611 g/mol. The Balaban J connectivity index is 1.52. The van der Waals surface area contributed by atoms with Crippen molar-refractivity contribution in [2.24, 2.45) is 0 Å². The van der Waals surface area contributed by atoms with Gasteiger partial charge in [0.15, 0.2) is 0 Å². The van der Waals surface area contributed by atoms with Crippen molar-refractivity contribution in [1.29, 1.82) is 0 Å². The molecule has 3 unspecified atom stereocenters. The first kappa shape index (κ1) is 40.4. The molecule has 45 heavy (non-hydrogen) atoms. The molecule has 2 heterocycles. The first-order valence-electron chi connectivity index (χ1n) is 18.1. The fourth-order valence-corrected chi connectivity index (χ4v) is 7.58. The third kappa shape index (κ3) is 20.3. The highest BCUT2D eigenvalue weighted by Crippen LogP contribution is 2.47. The molecule has 1 saturated heterocycles. The normalized spacial score (nSPS) is 20.0. The summed E-state index contributed by atoms with van der Waals surface area (Å²) >= 11 is 1.68. The lowest BCUT2D eigenvalue weighted by Gasteiger charge is -2.29. The van der Waals surface area contributed by atoms with Gasteiger partial charge in [-0.05, 0) is 31.1 Å². The van der Waals surface area contributed by atoms with Crippen molar-refractivity contribution >= 4 is 25.7 Å². The molecular formula is C34H65N2O7PS. The van der Waals surface area contributed by atoms with E-state index < -0.39 is 25.6 Å². The average Bonchev–Trinajstić information content (AvgIpc) is 3.72. The van der Waals surface area contributed by atoms with E-state index in [1.807, 2.05) is 11.6 Å². The van der Waals surface area contributed by atoms with E-state index in [0.717, 1.165) is 38.0 Å². The highest BCUT2D eigenvalue weighted by molar-refractivity contribution is 8.02. The fourth-order valence-electron chi connectivity index (χ4n) is 5.85. The number of alkyl carbamates (subject to hydrolysis) is 1. The van der Waals surface area contributed by atoms with E-state index in [-0.39, 0.29) is 13.2 Å². The van der Waals surface area contributed by atoms with Crippen LogP contribution in [0.4, 0.5) is 4.79 Å². The van der Waals surface area contributed by atoms with E-state index in [0.29, 0.717) is 32.5 Å². The first-order chi connectivity index (χ1) is 21.9. The van der Waals surface area contributed by atoms with Crippen LogP contribution in [-0.4, -0.2) is 66.4 Å². The highest BCUT2D eigenvalue weighted by Gasteiger charge is 2.40. The number of carbonyl (C=O) groups is 1. The number of thioether (sulfide) groups is 1. The van der Waals surface area contributed by atoms with Crippen molar-refractivity contribution in [2.75, 3.05) is 38.8 Å². The second-order valence-corrected chi connectivity index (χ2v) is 15.2. The van der Waals surface area contributed by atoms with Gasteiger partial charge in [-0.15, -0.1) is 11.8 Å². The summed E-state index contributed by atoms with van der Waals surface area (Å²) in [4.78, 5) is 24.9. The number of carbonyl (C=O) groups excluding carboxylic acids is 1. The molecule has 9 nitrogen and oxygen atoms in total.